The molecule has 0 fully saturated rings. The maximum atomic E-state index is 12.8. The van der Waals surface area contributed by atoms with Crippen molar-refractivity contribution in [1.82, 2.24) is 9.33 Å². The molecule has 72 valence electrons. The van der Waals surface area contributed by atoms with E-state index in [0.29, 0.717) is 6.66 Å². The Morgan fingerprint density at radius 2 is 1.83 bits per heavy atom. The van der Waals surface area contributed by atoms with Gasteiger partial charge < -0.3 is 0 Å². The van der Waals surface area contributed by atoms with Crippen molar-refractivity contribution >= 4 is 24.6 Å². The molecule has 11 heteroatoms. The highest BCUT2D eigenvalue weighted by Crippen LogP contribution is 2.78. The van der Waals surface area contributed by atoms with E-state index >= 15 is 0 Å². The van der Waals surface area contributed by atoms with E-state index in [-0.39, 0.29) is 0 Å². The molecule has 3 atom stereocenters. The summed E-state index contributed by atoms with van der Waals surface area (Å²) in [6.07, 6.45) is 0. The second-order valence-electron chi connectivity index (χ2n) is 1.86. The molecular weight excluding hydrogens is 242 g/mol. The van der Waals surface area contributed by atoms with Crippen molar-refractivity contribution in [2.24, 2.45) is 4.52 Å². The van der Waals surface area contributed by atoms with E-state index in [1.165, 1.54) is 0 Å². The Balaban J connectivity index is 3.01. The minimum Gasteiger partial charge on any atom is -0.189 e. The van der Waals surface area contributed by atoms with E-state index in [9.17, 15) is 21.6 Å². The molecule has 0 aromatic heterocycles. The van der Waals surface area contributed by atoms with Gasteiger partial charge in [0.1, 0.15) is 0 Å². The van der Waals surface area contributed by atoms with E-state index < -0.39 is 33.9 Å². The molecule has 1 rings (SSSR count). The van der Waals surface area contributed by atoms with Crippen molar-refractivity contribution < 1.29 is 21.6 Å². The van der Waals surface area contributed by atoms with E-state index in [4.69, 9.17) is 0 Å². The van der Waals surface area contributed by atoms with Gasteiger partial charge in [-0.25, -0.2) is 0 Å². The number of hydrogen-bond acceptors (Lipinski definition) is 3. The Morgan fingerprint density at radius 3 is 2.33 bits per heavy atom. The number of hydrogen-bond donors (Lipinski definition) is 0. The molecule has 0 N–H and O–H groups in total. The maximum Gasteiger partial charge on any atom is 0.322 e. The van der Waals surface area contributed by atoms with Gasteiger partial charge in [-0.2, -0.15) is 17.1 Å². The maximum absolute atomic E-state index is 12.8. The normalized spacial score (nSPS) is 45.8. The van der Waals surface area contributed by atoms with Gasteiger partial charge in [0.25, 0.3) is 0 Å². The molecule has 0 radical (unpaired) electrons. The Bertz CT molecular complexity index is 228. The predicted molar refractivity (Wildman–Crippen MR) is 38.3 cm³/mol. The van der Waals surface area contributed by atoms with E-state index in [2.05, 4.69) is 4.52 Å². The van der Waals surface area contributed by atoms with Crippen molar-refractivity contribution in [1.29, 1.82) is 0 Å². The lowest BCUT2D eigenvalue weighted by molar-refractivity contribution is 0.189. The third-order valence-corrected chi connectivity index (χ3v) is 6.57. The molecule has 0 aliphatic carbocycles. The number of rotatable bonds is 0. The molecule has 0 amide bonds. The Morgan fingerprint density at radius 1 is 1.33 bits per heavy atom. The molecule has 3 unspecified atom stereocenters. The number of nitrogens with zero attached hydrogens (tertiary/aromatic N) is 3. The van der Waals surface area contributed by atoms with Crippen molar-refractivity contribution in [3.05, 3.63) is 0 Å². The monoisotopic (exact) mass is 245 g/mol. The SMILES string of the molecule is CP1(F)=NP(F)N(F)P(F)N1F. The van der Waals surface area contributed by atoms with Crippen LogP contribution in [0.2, 0.25) is 0 Å². The third-order valence-electron chi connectivity index (χ3n) is 0.947. The first-order valence-electron chi connectivity index (χ1n) is 2.49. The van der Waals surface area contributed by atoms with Gasteiger partial charge in [-0.1, -0.05) is 0 Å². The average Bonchev–Trinajstić information content (AvgIpc) is 1.97. The van der Waals surface area contributed by atoms with E-state index in [1.54, 1.807) is 0 Å². The highest BCUT2D eigenvalue weighted by molar-refractivity contribution is 7.79. The van der Waals surface area contributed by atoms with Crippen LogP contribution >= 0.6 is 24.6 Å². The zero-order valence-electron chi connectivity index (χ0n) is 5.57. The van der Waals surface area contributed by atoms with Gasteiger partial charge in [-0.15, -0.1) is 8.96 Å². The van der Waals surface area contributed by atoms with Crippen LogP contribution in [0, 0.1) is 0 Å². The second-order valence-corrected chi connectivity index (χ2v) is 7.19. The van der Waals surface area contributed by atoms with Crippen molar-refractivity contribution in [3.8, 4) is 0 Å². The van der Waals surface area contributed by atoms with E-state index in [1.807, 2.05) is 0 Å². The van der Waals surface area contributed by atoms with Gasteiger partial charge in [-0.05, 0) is 9.33 Å². The molecule has 12 heavy (non-hydrogen) atoms. The first-order valence-corrected chi connectivity index (χ1v) is 6.80. The van der Waals surface area contributed by atoms with Crippen LogP contribution in [0.25, 0.3) is 0 Å². The van der Waals surface area contributed by atoms with Crippen LogP contribution in [-0.2, 0) is 0 Å². The largest absolute Gasteiger partial charge is 0.322 e. The Hall–Kier alpha value is 0.660. The molecule has 0 aromatic carbocycles. The highest BCUT2D eigenvalue weighted by Gasteiger charge is 2.47. The zero-order chi connectivity index (χ0) is 9.52. The topological polar surface area (TPSA) is 18.8 Å². The lowest BCUT2D eigenvalue weighted by atomic mass is 12.0. The van der Waals surface area contributed by atoms with Crippen LogP contribution in [0.3, 0.4) is 0 Å². The molecule has 0 spiro atoms. The molecule has 1 aliphatic heterocycles. The fourth-order valence-electron chi connectivity index (χ4n) is 0.457. The van der Waals surface area contributed by atoms with Gasteiger partial charge in [0, 0.05) is 6.66 Å². The van der Waals surface area contributed by atoms with Crippen LogP contribution in [0.4, 0.5) is 21.6 Å². The van der Waals surface area contributed by atoms with Crippen LogP contribution < -0.4 is 0 Å². The van der Waals surface area contributed by atoms with Crippen LogP contribution in [0.5, 0.6) is 0 Å². The summed E-state index contributed by atoms with van der Waals surface area (Å²) in [5, 5.41) is 0. The van der Waals surface area contributed by atoms with Crippen molar-refractivity contribution in [2.75, 3.05) is 6.66 Å². The third kappa shape index (κ3) is 1.78. The van der Waals surface area contributed by atoms with Gasteiger partial charge in [0.2, 0.25) is 7.52 Å². The van der Waals surface area contributed by atoms with Crippen LogP contribution in [0.15, 0.2) is 4.52 Å². The Labute approximate surface area is 67.6 Å². The lowest BCUT2D eigenvalue weighted by Gasteiger charge is -2.28. The summed E-state index contributed by atoms with van der Waals surface area (Å²) in [6, 6.07) is 0. The molecule has 0 aromatic rings. The molecular formula is CH3F5N3P3. The summed E-state index contributed by atoms with van der Waals surface area (Å²) in [5.74, 6) is 0. The summed E-state index contributed by atoms with van der Waals surface area (Å²) in [5.41, 5.74) is 0. The van der Waals surface area contributed by atoms with Crippen molar-refractivity contribution in [2.45, 2.75) is 0 Å². The van der Waals surface area contributed by atoms with Crippen molar-refractivity contribution in [3.63, 3.8) is 0 Å². The smallest absolute Gasteiger partial charge is 0.189 e. The van der Waals surface area contributed by atoms with Crippen LogP contribution in [-0.4, -0.2) is 16.0 Å². The molecule has 3 nitrogen and oxygen atoms in total. The Kier molecular flexibility index (Phi) is 3.07. The fraction of sp³-hybridized carbons (Fsp3) is 1.00. The quantitative estimate of drug-likeness (QED) is 0.358. The standard InChI is InChI=1S/CH3F5N3P3/c1-12(6)7-10(4)8(2)11(5)9(12)3/h1H3. The average molecular weight is 245 g/mol. The van der Waals surface area contributed by atoms with E-state index in [0.717, 1.165) is 0 Å². The van der Waals surface area contributed by atoms with Gasteiger partial charge in [-0.3, -0.25) is 0 Å². The molecule has 1 aliphatic rings. The van der Waals surface area contributed by atoms with Gasteiger partial charge >= 0.3 is 17.1 Å². The summed E-state index contributed by atoms with van der Waals surface area (Å²) >= 11 is 0. The lowest BCUT2D eigenvalue weighted by Crippen LogP contribution is -2.10. The summed E-state index contributed by atoms with van der Waals surface area (Å²) in [7, 11) is -11.3. The summed E-state index contributed by atoms with van der Waals surface area (Å²) < 4.78 is 62.6. The number of halogens is 5. The van der Waals surface area contributed by atoms with Gasteiger partial charge in [0.15, 0.2) is 0 Å². The summed E-state index contributed by atoms with van der Waals surface area (Å²) in [6.45, 7) is 0.615. The zero-order valence-corrected chi connectivity index (χ0v) is 8.26. The van der Waals surface area contributed by atoms with Crippen LogP contribution in [0.1, 0.15) is 0 Å². The first kappa shape index (κ1) is 10.7. The predicted octanol–water partition coefficient (Wildman–Crippen LogP) is 4.40. The van der Waals surface area contributed by atoms with Gasteiger partial charge in [0.05, 0.1) is 0 Å². The minimum atomic E-state index is -4.26. The molecule has 0 saturated heterocycles. The first-order chi connectivity index (χ1) is 5.36. The minimum absolute atomic E-state index is 0.615. The molecule has 1 heterocycles. The highest BCUT2D eigenvalue weighted by atomic mass is 31.3. The second kappa shape index (κ2) is 3.43. The summed E-state index contributed by atoms with van der Waals surface area (Å²) in [4.78, 5) is 0. The molecule has 0 saturated carbocycles. The molecule has 0 bridgehead atoms. The fourth-order valence-corrected chi connectivity index (χ4v) is 5.00.